The molecule has 1 heteroatoms. The molecule has 0 saturated carbocycles. The maximum atomic E-state index is 2.23. The van der Waals surface area contributed by atoms with Gasteiger partial charge in [0.15, 0.2) is 0 Å². The maximum Gasteiger partial charge on any atom is 0.213 e. The van der Waals surface area contributed by atoms with Crippen LogP contribution in [0.3, 0.4) is 0 Å². The van der Waals surface area contributed by atoms with Crippen molar-refractivity contribution in [2.45, 2.75) is 11.2 Å². The van der Waals surface area contributed by atoms with E-state index in [1.165, 1.54) is 32.7 Å². The summed E-state index contributed by atoms with van der Waals surface area (Å²) in [6.07, 6.45) is 0. The maximum absolute atomic E-state index is 2.23. The van der Waals surface area contributed by atoms with E-state index in [0.29, 0.717) is 5.92 Å². The van der Waals surface area contributed by atoms with Gasteiger partial charge < -0.3 is 0 Å². The van der Waals surface area contributed by atoms with Crippen molar-refractivity contribution in [1.29, 1.82) is 0 Å². The van der Waals surface area contributed by atoms with Crippen molar-refractivity contribution in [3.63, 3.8) is 0 Å². The van der Waals surface area contributed by atoms with Gasteiger partial charge >= 0.3 is 0 Å². The Morgan fingerprint density at radius 3 is 1.47 bits per heavy atom. The normalized spacial score (nSPS) is 10.5. The van der Waals surface area contributed by atoms with Gasteiger partial charge in [-0.15, -0.1) is 0 Å². The monoisotopic (exact) mass is 210 g/mol. The fourth-order valence-corrected chi connectivity index (χ4v) is 2.98. The van der Waals surface area contributed by atoms with Crippen molar-refractivity contribution in [2.75, 3.05) is 0 Å². The van der Waals surface area contributed by atoms with Gasteiger partial charge in [-0.25, -0.2) is 0 Å². The van der Waals surface area contributed by atoms with E-state index in [0.717, 1.165) is 0 Å². The Balaban J connectivity index is 2.34. The van der Waals surface area contributed by atoms with Gasteiger partial charge in [-0.3, -0.25) is 0 Å². The molecule has 74 valence electrons. The third-order valence-electron chi connectivity index (χ3n) is 2.81. The molecular formula is C14H15Al. The van der Waals surface area contributed by atoms with Crippen molar-refractivity contribution in [1.82, 2.24) is 0 Å². The second-order valence-electron chi connectivity index (χ2n) is 3.78. The zero-order valence-electron chi connectivity index (χ0n) is 9.06. The Morgan fingerprint density at radius 1 is 0.733 bits per heavy atom. The highest BCUT2D eigenvalue weighted by atomic mass is 27.0. The van der Waals surface area contributed by atoms with E-state index in [4.69, 9.17) is 0 Å². The van der Waals surface area contributed by atoms with Crippen molar-refractivity contribution in [3.05, 3.63) is 71.8 Å². The summed E-state index contributed by atoms with van der Waals surface area (Å²) < 4.78 is 0. The van der Waals surface area contributed by atoms with Gasteiger partial charge in [-0.2, -0.15) is 0 Å². The summed E-state index contributed by atoms with van der Waals surface area (Å²) in [4.78, 5) is 0. The van der Waals surface area contributed by atoms with Crippen LogP contribution in [0.25, 0.3) is 0 Å². The van der Waals surface area contributed by atoms with E-state index in [1.54, 1.807) is 0 Å². The van der Waals surface area contributed by atoms with Crippen LogP contribution in [0.2, 0.25) is 5.28 Å². The topological polar surface area (TPSA) is 0 Å². The van der Waals surface area contributed by atoms with Crippen LogP contribution in [0.15, 0.2) is 60.7 Å². The van der Waals surface area contributed by atoms with E-state index in [9.17, 15) is 0 Å². The van der Waals surface area contributed by atoms with Gasteiger partial charge in [0, 0.05) is 0 Å². The first-order chi connectivity index (χ1) is 7.42. The predicted octanol–water partition coefficient (Wildman–Crippen LogP) is 2.87. The molecule has 0 unspecified atom stereocenters. The molecule has 0 nitrogen and oxygen atoms in total. The minimum atomic E-state index is 0.596. The molecule has 2 aromatic rings. The molecule has 0 aliphatic heterocycles. The SMILES string of the molecule is [AlH2][CH2]C(c1ccccc1)c1ccccc1. The highest BCUT2D eigenvalue weighted by Crippen LogP contribution is 2.26. The molecule has 0 spiro atoms. The second-order valence-corrected chi connectivity index (χ2v) is 4.60. The lowest BCUT2D eigenvalue weighted by Crippen LogP contribution is -1.99. The van der Waals surface area contributed by atoms with Crippen molar-refractivity contribution in [3.8, 4) is 0 Å². The lowest BCUT2D eigenvalue weighted by atomic mass is 9.93. The summed E-state index contributed by atoms with van der Waals surface area (Å²) in [5.41, 5.74) is 2.89. The number of hydrogen-bond acceptors (Lipinski definition) is 0. The molecule has 0 fully saturated rings. The van der Waals surface area contributed by atoms with Gasteiger partial charge in [0.2, 0.25) is 16.3 Å². The largest absolute Gasteiger partial charge is 0.213 e. The van der Waals surface area contributed by atoms with Crippen molar-refractivity contribution in [2.24, 2.45) is 0 Å². The minimum absolute atomic E-state index is 0.596. The third-order valence-corrected chi connectivity index (χ3v) is 3.63. The fourth-order valence-electron chi connectivity index (χ4n) is 2.03. The summed E-state index contributed by atoms with van der Waals surface area (Å²) in [6.45, 7) is 0. The average molecular weight is 210 g/mol. The number of rotatable bonds is 3. The summed E-state index contributed by atoms with van der Waals surface area (Å²) in [5, 5.41) is 1.29. The zero-order chi connectivity index (χ0) is 10.5. The Morgan fingerprint density at radius 2 is 1.13 bits per heavy atom. The van der Waals surface area contributed by atoms with Gasteiger partial charge in [-0.05, 0) is 17.0 Å². The van der Waals surface area contributed by atoms with Gasteiger partial charge in [0.1, 0.15) is 0 Å². The molecule has 0 aromatic heterocycles. The van der Waals surface area contributed by atoms with Crippen molar-refractivity contribution < 1.29 is 0 Å². The molecular weight excluding hydrogens is 195 g/mol. The predicted molar refractivity (Wildman–Crippen MR) is 68.1 cm³/mol. The summed E-state index contributed by atoms with van der Waals surface area (Å²) in [7, 11) is 0. The second kappa shape index (κ2) is 5.17. The third kappa shape index (κ3) is 2.50. The first kappa shape index (κ1) is 10.5. The molecule has 15 heavy (non-hydrogen) atoms. The average Bonchev–Trinajstić information content (AvgIpc) is 2.33. The van der Waals surface area contributed by atoms with Gasteiger partial charge in [0.05, 0.1) is 0 Å². The van der Waals surface area contributed by atoms with E-state index in [1.807, 2.05) is 0 Å². The molecule has 2 aromatic carbocycles. The van der Waals surface area contributed by atoms with Crippen LogP contribution in [0.4, 0.5) is 0 Å². The zero-order valence-corrected chi connectivity index (χ0v) is 11.1. The number of hydrogen-bond donors (Lipinski definition) is 0. The minimum Gasteiger partial charge on any atom is -0.0907 e. The Kier molecular flexibility index (Phi) is 3.61. The standard InChI is InChI=1S/C14H13.Al.2H/c1-12(13-8-4-2-5-9-13)14-10-6-3-7-11-14;;;/h2-12H,1H2;;;. The van der Waals surface area contributed by atoms with Crippen LogP contribution in [0.5, 0.6) is 0 Å². The highest BCUT2D eigenvalue weighted by molar-refractivity contribution is 6.09. The molecule has 0 aliphatic carbocycles. The molecule has 0 radical (unpaired) electrons. The summed E-state index contributed by atoms with van der Waals surface area (Å²) >= 11 is 1.24. The molecule has 0 aliphatic rings. The van der Waals surface area contributed by atoms with Gasteiger partial charge in [0.25, 0.3) is 0 Å². The Labute approximate surface area is 99.4 Å². The van der Waals surface area contributed by atoms with Crippen LogP contribution >= 0.6 is 0 Å². The highest BCUT2D eigenvalue weighted by Gasteiger charge is 2.09. The summed E-state index contributed by atoms with van der Waals surface area (Å²) in [5.74, 6) is 0.596. The van der Waals surface area contributed by atoms with Crippen LogP contribution < -0.4 is 0 Å². The molecule has 0 saturated heterocycles. The van der Waals surface area contributed by atoms with Crippen molar-refractivity contribution >= 4 is 16.3 Å². The molecule has 2 rings (SSSR count). The first-order valence-corrected chi connectivity index (χ1v) is 6.93. The Hall–Kier alpha value is -1.03. The molecule has 0 N–H and O–H groups in total. The smallest absolute Gasteiger partial charge is 0.0907 e. The Bertz CT molecular complexity index is 355. The van der Waals surface area contributed by atoms with Crippen LogP contribution in [0, 0.1) is 0 Å². The molecule has 0 heterocycles. The van der Waals surface area contributed by atoms with Crippen LogP contribution in [-0.4, -0.2) is 16.3 Å². The van der Waals surface area contributed by atoms with Gasteiger partial charge in [-0.1, -0.05) is 65.9 Å². The first-order valence-electron chi connectivity index (χ1n) is 5.51. The number of benzene rings is 2. The van der Waals surface area contributed by atoms with E-state index in [-0.39, 0.29) is 0 Å². The fraction of sp³-hybridized carbons (Fsp3) is 0.143. The molecule has 0 atom stereocenters. The van der Waals surface area contributed by atoms with Crippen LogP contribution in [0.1, 0.15) is 17.0 Å². The lowest BCUT2D eigenvalue weighted by molar-refractivity contribution is 0.919. The van der Waals surface area contributed by atoms with E-state index in [2.05, 4.69) is 60.7 Å². The van der Waals surface area contributed by atoms with Crippen LogP contribution in [-0.2, 0) is 0 Å². The molecule has 0 bridgehead atoms. The lowest BCUT2D eigenvalue weighted by Gasteiger charge is -2.15. The quantitative estimate of drug-likeness (QED) is 0.683. The van der Waals surface area contributed by atoms with E-state index < -0.39 is 0 Å². The summed E-state index contributed by atoms with van der Waals surface area (Å²) in [6, 6.07) is 21.6. The molecule has 0 amide bonds. The van der Waals surface area contributed by atoms with E-state index >= 15 is 0 Å².